The van der Waals surface area contributed by atoms with E-state index < -0.39 is 6.09 Å². The van der Waals surface area contributed by atoms with Gasteiger partial charge in [-0.05, 0) is 55.3 Å². The summed E-state index contributed by atoms with van der Waals surface area (Å²) in [6, 6.07) is 17.2. The minimum atomic E-state index is -0.457. The number of ether oxygens (including phenoxy) is 1. The number of phenolic OH excluding ortho intramolecular Hbond substituents is 1. The van der Waals surface area contributed by atoms with Gasteiger partial charge in [0.2, 0.25) is 0 Å². The Bertz CT molecular complexity index is 1270. The molecule has 0 aliphatic rings. The van der Waals surface area contributed by atoms with Crippen molar-refractivity contribution in [3.8, 4) is 16.2 Å². The number of phenols is 1. The predicted octanol–water partition coefficient (Wildman–Crippen LogP) is 5.40. The first-order valence-electron chi connectivity index (χ1n) is 10.2. The Morgan fingerprint density at radius 2 is 1.94 bits per heavy atom. The van der Waals surface area contributed by atoms with Crippen LogP contribution in [0.3, 0.4) is 0 Å². The number of hydrogen-bond donors (Lipinski definition) is 3. The predicted molar refractivity (Wildman–Crippen MR) is 127 cm³/mol. The van der Waals surface area contributed by atoms with Gasteiger partial charge >= 0.3 is 6.09 Å². The van der Waals surface area contributed by atoms with Crippen molar-refractivity contribution in [3.63, 3.8) is 0 Å². The molecule has 2 heterocycles. The number of alkyl carbamates (subject to hydrolysis) is 1. The summed E-state index contributed by atoms with van der Waals surface area (Å²) < 4.78 is 5.24. The van der Waals surface area contributed by atoms with Crippen LogP contribution in [0.5, 0.6) is 5.75 Å². The fourth-order valence-electron chi connectivity index (χ4n) is 3.49. The molecule has 0 saturated carbocycles. The summed E-state index contributed by atoms with van der Waals surface area (Å²) in [5.41, 5.74) is 2.79. The third-order valence-electron chi connectivity index (χ3n) is 5.20. The molecule has 0 saturated heterocycles. The lowest BCUT2D eigenvalue weighted by Crippen LogP contribution is -2.18. The Hall–Kier alpha value is -3.65. The molecule has 2 aromatic heterocycles. The number of rotatable bonds is 6. The first-order valence-corrected chi connectivity index (χ1v) is 11.0. The van der Waals surface area contributed by atoms with Gasteiger partial charge in [-0.1, -0.05) is 24.3 Å². The molecule has 4 rings (SSSR count). The van der Waals surface area contributed by atoms with Crippen molar-refractivity contribution in [2.75, 3.05) is 12.4 Å². The van der Waals surface area contributed by atoms with E-state index in [2.05, 4.69) is 39.9 Å². The quantitative estimate of drug-likeness (QED) is 0.365. The number of carbonyl (C=O) groups excluding carboxylic acids is 1. The lowest BCUT2D eigenvalue weighted by molar-refractivity contribution is 0.142. The highest BCUT2D eigenvalue weighted by Gasteiger charge is 2.15. The van der Waals surface area contributed by atoms with Crippen LogP contribution in [-0.2, 0) is 11.3 Å². The molecule has 0 aliphatic heterocycles. The number of fused-ring (bicyclic) bond motifs is 1. The standard InChI is InChI=1S/C24H24N4O3S/c1-14-18-9-8-17(29)12-20(18)23(28-27-14)26-15(2)21-10-11-22(32-21)19-7-5-4-6-16(19)13-31-24(30)25-3/h4-12,15,29H,13H2,1-3H3,(H,25,30)(H,26,28). The van der Waals surface area contributed by atoms with Crippen molar-refractivity contribution in [3.05, 3.63) is 70.7 Å². The number of nitrogens with one attached hydrogen (secondary N) is 2. The molecule has 2 aromatic carbocycles. The van der Waals surface area contributed by atoms with E-state index in [0.717, 1.165) is 37.3 Å². The van der Waals surface area contributed by atoms with Crippen LogP contribution < -0.4 is 10.6 Å². The Kier molecular flexibility index (Phi) is 6.23. The molecule has 0 aliphatic carbocycles. The van der Waals surface area contributed by atoms with E-state index in [1.807, 2.05) is 37.3 Å². The number of aryl methyl sites for hydroxylation is 1. The van der Waals surface area contributed by atoms with Crippen molar-refractivity contribution >= 4 is 34.0 Å². The average Bonchev–Trinajstić information content (AvgIpc) is 3.29. The lowest BCUT2D eigenvalue weighted by atomic mass is 10.1. The highest BCUT2D eigenvalue weighted by molar-refractivity contribution is 7.15. The van der Waals surface area contributed by atoms with Crippen molar-refractivity contribution in [1.82, 2.24) is 15.5 Å². The SMILES string of the molecule is CNC(=O)OCc1ccccc1-c1ccc(C(C)Nc2nnc(C)c3ccc(O)cc23)s1. The summed E-state index contributed by atoms with van der Waals surface area (Å²) in [7, 11) is 1.54. The average molecular weight is 449 g/mol. The van der Waals surface area contributed by atoms with Crippen molar-refractivity contribution < 1.29 is 14.6 Å². The maximum absolute atomic E-state index is 11.5. The van der Waals surface area contributed by atoms with Crippen molar-refractivity contribution in [1.29, 1.82) is 0 Å². The van der Waals surface area contributed by atoms with E-state index in [4.69, 9.17) is 4.74 Å². The topological polar surface area (TPSA) is 96.4 Å². The molecule has 1 amide bonds. The van der Waals surface area contributed by atoms with Gasteiger partial charge in [0.25, 0.3) is 0 Å². The van der Waals surface area contributed by atoms with Crippen LogP contribution in [0, 0.1) is 6.92 Å². The number of benzene rings is 2. The number of thiophene rings is 1. The lowest BCUT2D eigenvalue weighted by Gasteiger charge is -2.15. The van der Waals surface area contributed by atoms with E-state index in [0.29, 0.717) is 5.82 Å². The first kappa shape index (κ1) is 21.6. The van der Waals surface area contributed by atoms with Gasteiger partial charge in [0.15, 0.2) is 5.82 Å². The largest absolute Gasteiger partial charge is 0.508 e. The van der Waals surface area contributed by atoms with Gasteiger partial charge in [-0.25, -0.2) is 4.79 Å². The number of aromatic nitrogens is 2. The zero-order valence-corrected chi connectivity index (χ0v) is 18.9. The second-order valence-corrected chi connectivity index (χ2v) is 8.53. The van der Waals surface area contributed by atoms with E-state index in [1.165, 1.54) is 7.05 Å². The van der Waals surface area contributed by atoms with Crippen LogP contribution in [-0.4, -0.2) is 28.4 Å². The van der Waals surface area contributed by atoms with Crippen LogP contribution in [0.1, 0.15) is 29.1 Å². The maximum atomic E-state index is 11.5. The summed E-state index contributed by atoms with van der Waals surface area (Å²) in [6.07, 6.45) is -0.457. The van der Waals surface area contributed by atoms with Gasteiger partial charge < -0.3 is 20.5 Å². The summed E-state index contributed by atoms with van der Waals surface area (Å²) in [5, 5.41) is 26.2. The molecule has 0 fully saturated rings. The molecule has 0 spiro atoms. The molecule has 4 aromatic rings. The van der Waals surface area contributed by atoms with Crippen molar-refractivity contribution in [2.45, 2.75) is 26.5 Å². The molecular weight excluding hydrogens is 424 g/mol. The summed E-state index contributed by atoms with van der Waals surface area (Å²) in [5.74, 6) is 0.818. The summed E-state index contributed by atoms with van der Waals surface area (Å²) in [6.45, 7) is 4.16. The van der Waals surface area contributed by atoms with E-state index in [-0.39, 0.29) is 18.4 Å². The van der Waals surface area contributed by atoms with Crippen LogP contribution in [0.15, 0.2) is 54.6 Å². The number of hydrogen-bond acceptors (Lipinski definition) is 7. The fraction of sp³-hybridized carbons (Fsp3) is 0.208. The summed E-state index contributed by atoms with van der Waals surface area (Å²) >= 11 is 1.66. The highest BCUT2D eigenvalue weighted by atomic mass is 32.1. The Morgan fingerprint density at radius 3 is 2.75 bits per heavy atom. The highest BCUT2D eigenvalue weighted by Crippen LogP contribution is 2.36. The zero-order valence-electron chi connectivity index (χ0n) is 18.0. The second-order valence-electron chi connectivity index (χ2n) is 7.42. The Morgan fingerprint density at radius 1 is 1.12 bits per heavy atom. The molecule has 164 valence electrons. The fourth-order valence-corrected chi connectivity index (χ4v) is 4.56. The van der Waals surface area contributed by atoms with Crippen molar-refractivity contribution in [2.24, 2.45) is 0 Å². The van der Waals surface area contributed by atoms with E-state index in [9.17, 15) is 9.90 Å². The third kappa shape index (κ3) is 4.50. The van der Waals surface area contributed by atoms with Gasteiger partial charge in [-0.15, -0.1) is 16.4 Å². The Balaban J connectivity index is 1.58. The first-order chi connectivity index (χ1) is 15.5. The van der Waals surface area contributed by atoms with E-state index in [1.54, 1.807) is 23.5 Å². The monoisotopic (exact) mass is 448 g/mol. The molecule has 7 nitrogen and oxygen atoms in total. The molecule has 1 unspecified atom stereocenters. The molecule has 0 bridgehead atoms. The number of aromatic hydroxyl groups is 1. The normalized spacial score (nSPS) is 11.8. The van der Waals surface area contributed by atoms with Crippen LogP contribution in [0.4, 0.5) is 10.6 Å². The van der Waals surface area contributed by atoms with Crippen LogP contribution in [0.2, 0.25) is 0 Å². The number of anilines is 1. The second kappa shape index (κ2) is 9.23. The smallest absolute Gasteiger partial charge is 0.407 e. The summed E-state index contributed by atoms with van der Waals surface area (Å²) in [4.78, 5) is 13.7. The van der Waals surface area contributed by atoms with Crippen LogP contribution >= 0.6 is 11.3 Å². The zero-order chi connectivity index (χ0) is 22.7. The third-order valence-corrected chi connectivity index (χ3v) is 6.50. The van der Waals surface area contributed by atoms with Gasteiger partial charge in [0.05, 0.1) is 11.7 Å². The Labute approximate surface area is 190 Å². The number of amides is 1. The van der Waals surface area contributed by atoms with E-state index >= 15 is 0 Å². The minimum Gasteiger partial charge on any atom is -0.508 e. The van der Waals surface area contributed by atoms with Crippen LogP contribution in [0.25, 0.3) is 21.2 Å². The maximum Gasteiger partial charge on any atom is 0.407 e. The molecule has 8 heteroatoms. The van der Waals surface area contributed by atoms with Gasteiger partial charge in [-0.2, -0.15) is 5.10 Å². The molecule has 0 radical (unpaired) electrons. The minimum absolute atomic E-state index is 0.0226. The number of carbonyl (C=O) groups is 1. The molecule has 3 N–H and O–H groups in total. The molecule has 32 heavy (non-hydrogen) atoms. The van der Waals surface area contributed by atoms with Gasteiger partial charge in [0.1, 0.15) is 12.4 Å². The van der Waals surface area contributed by atoms with Gasteiger partial charge in [-0.3, -0.25) is 0 Å². The molecule has 1 atom stereocenters. The van der Waals surface area contributed by atoms with Gasteiger partial charge in [0, 0.05) is 27.6 Å². The molecular formula is C24H24N4O3S. The number of nitrogens with zero attached hydrogens (tertiary/aromatic N) is 2.